The Morgan fingerprint density at radius 1 is 1.03 bits per heavy atom. The lowest BCUT2D eigenvalue weighted by atomic mass is 9.47. The Bertz CT molecular complexity index is 674. The second-order valence-electron chi connectivity index (χ2n) is 12.4. The van der Waals surface area contributed by atoms with Crippen LogP contribution in [0.4, 0.5) is 0 Å². The lowest BCUT2D eigenvalue weighted by Crippen LogP contribution is -2.50. The van der Waals surface area contributed by atoms with Gasteiger partial charge in [0.25, 0.3) is 0 Å². The zero-order chi connectivity index (χ0) is 21.7. The third kappa shape index (κ3) is 3.66. The Kier molecular flexibility index (Phi) is 6.35. The second kappa shape index (κ2) is 8.42. The highest BCUT2D eigenvalue weighted by Crippen LogP contribution is 2.67. The van der Waals surface area contributed by atoms with E-state index < -0.39 is 0 Å². The highest BCUT2D eigenvalue weighted by molar-refractivity contribution is 5.25. The van der Waals surface area contributed by atoms with Crippen LogP contribution in [0.2, 0.25) is 0 Å². The minimum atomic E-state index is -0.0870. The predicted molar refractivity (Wildman–Crippen MR) is 128 cm³/mol. The van der Waals surface area contributed by atoms with E-state index in [2.05, 4.69) is 59.8 Å². The van der Waals surface area contributed by atoms with Crippen LogP contribution in [0.3, 0.4) is 0 Å². The maximum atomic E-state index is 10.2. The van der Waals surface area contributed by atoms with E-state index in [0.717, 1.165) is 48.3 Å². The summed E-state index contributed by atoms with van der Waals surface area (Å²) in [6, 6.07) is 0. The minimum Gasteiger partial charge on any atom is -0.393 e. The van der Waals surface area contributed by atoms with Gasteiger partial charge >= 0.3 is 0 Å². The highest BCUT2D eigenvalue weighted by atomic mass is 16.3. The zero-order valence-electron chi connectivity index (χ0n) is 20.7. The maximum Gasteiger partial charge on any atom is 0.0577 e. The van der Waals surface area contributed by atoms with Gasteiger partial charge in [0, 0.05) is 0 Å². The average Bonchev–Trinajstić information content (AvgIpc) is 3.06. The Morgan fingerprint density at radius 2 is 1.80 bits per heavy atom. The average molecular weight is 413 g/mol. The fraction of sp³-hybridized carbons (Fsp3) is 0.862. The van der Waals surface area contributed by atoms with Crippen LogP contribution < -0.4 is 0 Å². The van der Waals surface area contributed by atoms with Gasteiger partial charge in [-0.05, 0) is 110 Å². The van der Waals surface area contributed by atoms with Gasteiger partial charge in [0.05, 0.1) is 6.10 Å². The summed E-state index contributed by atoms with van der Waals surface area (Å²) in [5.74, 6) is 5.70. The molecule has 0 heterocycles. The molecule has 0 aromatic heterocycles. The third-order valence-electron chi connectivity index (χ3n) is 10.8. The van der Waals surface area contributed by atoms with Crippen molar-refractivity contribution in [3.8, 4) is 0 Å². The van der Waals surface area contributed by atoms with E-state index in [-0.39, 0.29) is 6.10 Å². The molecule has 3 fully saturated rings. The van der Waals surface area contributed by atoms with Gasteiger partial charge in [0.1, 0.15) is 0 Å². The number of hydrogen-bond acceptors (Lipinski definition) is 1. The molecule has 0 aromatic carbocycles. The van der Waals surface area contributed by atoms with Crippen molar-refractivity contribution in [3.05, 3.63) is 23.8 Å². The number of hydrogen-bond donors (Lipinski definition) is 1. The molecule has 170 valence electrons. The van der Waals surface area contributed by atoms with Crippen LogP contribution in [-0.4, -0.2) is 11.2 Å². The van der Waals surface area contributed by atoms with Crippen molar-refractivity contribution >= 4 is 0 Å². The molecule has 0 radical (unpaired) electrons. The largest absolute Gasteiger partial charge is 0.393 e. The summed E-state index contributed by atoms with van der Waals surface area (Å²) in [4.78, 5) is 0. The molecule has 1 nitrogen and oxygen atoms in total. The summed E-state index contributed by atoms with van der Waals surface area (Å²) in [6.07, 6.45) is 19.1. The first kappa shape index (κ1) is 22.6. The fourth-order valence-electron chi connectivity index (χ4n) is 8.83. The molecule has 0 bridgehead atoms. The van der Waals surface area contributed by atoms with Crippen molar-refractivity contribution in [1.29, 1.82) is 0 Å². The summed E-state index contributed by atoms with van der Waals surface area (Å²) in [5, 5.41) is 10.2. The monoisotopic (exact) mass is 412 g/mol. The molecule has 0 unspecified atom stereocenters. The van der Waals surface area contributed by atoms with Gasteiger partial charge in [-0.25, -0.2) is 0 Å². The van der Waals surface area contributed by atoms with Crippen LogP contribution in [0.1, 0.15) is 99.3 Å². The van der Waals surface area contributed by atoms with Crippen molar-refractivity contribution in [2.24, 2.45) is 52.3 Å². The number of aliphatic hydroxyl groups excluding tert-OH is 1. The molecule has 4 rings (SSSR count). The van der Waals surface area contributed by atoms with Crippen LogP contribution in [-0.2, 0) is 0 Å². The smallest absolute Gasteiger partial charge is 0.0577 e. The second-order valence-corrected chi connectivity index (χ2v) is 12.4. The Morgan fingerprint density at radius 3 is 2.50 bits per heavy atom. The normalized spacial score (nSPS) is 45.6. The first-order valence-electron chi connectivity index (χ1n) is 13.3. The summed E-state index contributed by atoms with van der Waals surface area (Å²) >= 11 is 0. The van der Waals surface area contributed by atoms with Gasteiger partial charge in [0.2, 0.25) is 0 Å². The zero-order valence-corrected chi connectivity index (χ0v) is 20.7. The molecule has 1 N–H and O–H groups in total. The molecule has 1 heteroatoms. The third-order valence-corrected chi connectivity index (χ3v) is 10.8. The number of aliphatic hydroxyl groups is 1. The molecule has 0 saturated heterocycles. The maximum absolute atomic E-state index is 10.2. The quantitative estimate of drug-likeness (QED) is 0.457. The summed E-state index contributed by atoms with van der Waals surface area (Å²) < 4.78 is 0. The summed E-state index contributed by atoms with van der Waals surface area (Å²) in [7, 11) is 0. The molecule has 0 spiro atoms. The molecular formula is C29H48O. The van der Waals surface area contributed by atoms with E-state index in [1.54, 1.807) is 5.57 Å². The molecule has 0 aliphatic heterocycles. The lowest BCUT2D eigenvalue weighted by Gasteiger charge is -2.58. The van der Waals surface area contributed by atoms with Crippen molar-refractivity contribution in [3.63, 3.8) is 0 Å². The van der Waals surface area contributed by atoms with Crippen molar-refractivity contribution in [2.75, 3.05) is 0 Å². The van der Waals surface area contributed by atoms with Crippen LogP contribution in [0, 0.1) is 52.3 Å². The van der Waals surface area contributed by atoms with E-state index in [1.165, 1.54) is 44.9 Å². The highest BCUT2D eigenvalue weighted by Gasteiger charge is 2.58. The molecule has 0 aromatic rings. The molecular weight excluding hydrogens is 364 g/mol. The lowest BCUT2D eigenvalue weighted by molar-refractivity contribution is -0.0540. The van der Waals surface area contributed by atoms with Gasteiger partial charge in [-0.3, -0.25) is 0 Å². The number of fused-ring (bicyclic) bond motifs is 5. The van der Waals surface area contributed by atoms with Crippen LogP contribution >= 0.6 is 0 Å². The van der Waals surface area contributed by atoms with Gasteiger partial charge in [0.15, 0.2) is 0 Å². The topological polar surface area (TPSA) is 20.2 Å². The number of rotatable bonds is 5. The molecule has 3 saturated carbocycles. The molecule has 4 aliphatic rings. The van der Waals surface area contributed by atoms with E-state index in [4.69, 9.17) is 0 Å². The first-order valence-corrected chi connectivity index (χ1v) is 13.3. The van der Waals surface area contributed by atoms with E-state index in [9.17, 15) is 5.11 Å². The van der Waals surface area contributed by atoms with Crippen LogP contribution in [0.15, 0.2) is 23.8 Å². The Labute approximate surface area is 186 Å². The molecule has 0 amide bonds. The van der Waals surface area contributed by atoms with Crippen molar-refractivity contribution < 1.29 is 5.11 Å². The standard InChI is InChI=1S/C29H48O/c1-7-21(19(2)3)9-8-20(4)25-12-13-26-24-11-10-22-18-23(30)14-16-28(22,5)27(24)15-17-29(25,26)6/h8-10,19-21,23-27,30H,7,11-18H2,1-6H3/b9-8+/t20-,21+,23+,24-,25+,26+,27-,28+,29+/m0/s1. The molecule has 9 atom stereocenters. The van der Waals surface area contributed by atoms with Crippen LogP contribution in [0.25, 0.3) is 0 Å². The van der Waals surface area contributed by atoms with E-state index >= 15 is 0 Å². The molecule has 30 heavy (non-hydrogen) atoms. The van der Waals surface area contributed by atoms with Gasteiger partial charge in [-0.2, -0.15) is 0 Å². The number of allylic oxidation sites excluding steroid dienone is 3. The van der Waals surface area contributed by atoms with Crippen LogP contribution in [0.5, 0.6) is 0 Å². The van der Waals surface area contributed by atoms with Gasteiger partial charge in [-0.1, -0.05) is 65.3 Å². The SMILES string of the molecule is CC[C@H](/C=C/[C@H](C)[C@H]1CC[C@@H]2[C@@H]3CC=C4C[C@H](O)CC[C@@]4(C)[C@H]3CC[C@@]21C)C(C)C. The molecule has 4 aliphatic carbocycles. The predicted octanol–water partition coefficient (Wildman–Crippen LogP) is 7.80. The first-order chi connectivity index (χ1) is 14.2. The summed E-state index contributed by atoms with van der Waals surface area (Å²) in [6.45, 7) is 14.8. The van der Waals surface area contributed by atoms with Crippen molar-refractivity contribution in [1.82, 2.24) is 0 Å². The fourth-order valence-corrected chi connectivity index (χ4v) is 8.83. The van der Waals surface area contributed by atoms with Crippen molar-refractivity contribution in [2.45, 2.75) is 105 Å². The Hall–Kier alpha value is -0.560. The van der Waals surface area contributed by atoms with E-state index in [1.807, 2.05) is 0 Å². The van der Waals surface area contributed by atoms with E-state index in [0.29, 0.717) is 16.7 Å². The van der Waals surface area contributed by atoms with Gasteiger partial charge in [-0.15, -0.1) is 0 Å². The Balaban J connectivity index is 1.52. The van der Waals surface area contributed by atoms with Gasteiger partial charge < -0.3 is 5.11 Å². The minimum absolute atomic E-state index is 0.0870. The summed E-state index contributed by atoms with van der Waals surface area (Å²) in [5.41, 5.74) is 2.51.